The zero-order valence-electron chi connectivity index (χ0n) is 10.6. The van der Waals surface area contributed by atoms with Gasteiger partial charge < -0.3 is 10.5 Å². The predicted molar refractivity (Wildman–Crippen MR) is 64.9 cm³/mol. The van der Waals surface area contributed by atoms with E-state index in [0.29, 0.717) is 12.6 Å². The van der Waals surface area contributed by atoms with Crippen LogP contribution in [0.5, 0.6) is 0 Å². The van der Waals surface area contributed by atoms with Gasteiger partial charge in [-0.15, -0.1) is 0 Å². The van der Waals surface area contributed by atoms with Crippen molar-refractivity contribution in [1.29, 1.82) is 0 Å². The van der Waals surface area contributed by atoms with Crippen molar-refractivity contribution in [2.45, 2.75) is 71.0 Å². The van der Waals surface area contributed by atoms with E-state index in [1.807, 2.05) is 0 Å². The van der Waals surface area contributed by atoms with Crippen molar-refractivity contribution in [1.82, 2.24) is 0 Å². The molecule has 2 heteroatoms. The maximum Gasteiger partial charge on any atom is 0.0810 e. The minimum Gasteiger partial charge on any atom is -0.371 e. The molecule has 0 spiro atoms. The summed E-state index contributed by atoms with van der Waals surface area (Å²) in [5.74, 6) is 0.774. The van der Waals surface area contributed by atoms with Crippen LogP contribution in [0.4, 0.5) is 0 Å². The van der Waals surface area contributed by atoms with E-state index in [9.17, 15) is 0 Å². The van der Waals surface area contributed by atoms with E-state index in [1.54, 1.807) is 0 Å². The van der Waals surface area contributed by atoms with Crippen molar-refractivity contribution in [3.63, 3.8) is 0 Å². The lowest BCUT2D eigenvalue weighted by Crippen LogP contribution is -2.46. The van der Waals surface area contributed by atoms with Gasteiger partial charge in [-0.2, -0.15) is 0 Å². The lowest BCUT2D eigenvalue weighted by molar-refractivity contribution is -0.112. The molecule has 0 heterocycles. The summed E-state index contributed by atoms with van der Waals surface area (Å²) in [7, 11) is 0. The number of ether oxygens (including phenoxy) is 1. The van der Waals surface area contributed by atoms with Gasteiger partial charge in [0.15, 0.2) is 0 Å². The summed E-state index contributed by atoms with van der Waals surface area (Å²) in [5, 5.41) is 0. The lowest BCUT2D eigenvalue weighted by atomic mass is 9.78. The molecule has 3 unspecified atom stereocenters. The molecule has 0 radical (unpaired) electrons. The van der Waals surface area contributed by atoms with Gasteiger partial charge in [0.05, 0.1) is 11.7 Å². The minimum absolute atomic E-state index is 0.00769. The van der Waals surface area contributed by atoms with Crippen LogP contribution in [0.3, 0.4) is 0 Å². The second kappa shape index (κ2) is 5.86. The van der Waals surface area contributed by atoms with Gasteiger partial charge in [0, 0.05) is 6.54 Å². The average Bonchev–Trinajstić information content (AvgIpc) is 2.18. The summed E-state index contributed by atoms with van der Waals surface area (Å²) >= 11 is 0. The van der Waals surface area contributed by atoms with Crippen LogP contribution in [0.1, 0.15) is 59.3 Å². The van der Waals surface area contributed by atoms with E-state index in [2.05, 4.69) is 20.8 Å². The highest BCUT2D eigenvalue weighted by Crippen LogP contribution is 2.35. The molecule has 90 valence electrons. The molecule has 1 saturated carbocycles. The van der Waals surface area contributed by atoms with Crippen LogP contribution in [0.2, 0.25) is 0 Å². The fourth-order valence-electron chi connectivity index (χ4n) is 2.84. The van der Waals surface area contributed by atoms with Crippen LogP contribution in [-0.2, 0) is 4.74 Å². The Kier molecular flexibility index (Phi) is 5.07. The van der Waals surface area contributed by atoms with Gasteiger partial charge in [0.2, 0.25) is 0 Å². The number of rotatable bonds is 5. The summed E-state index contributed by atoms with van der Waals surface area (Å²) in [6.45, 7) is 7.39. The molecular formula is C13H27NO. The van der Waals surface area contributed by atoms with Gasteiger partial charge in [-0.05, 0) is 32.1 Å². The van der Waals surface area contributed by atoms with Crippen LogP contribution >= 0.6 is 0 Å². The third-order valence-electron chi connectivity index (χ3n) is 3.57. The molecule has 1 rings (SSSR count). The van der Waals surface area contributed by atoms with Crippen molar-refractivity contribution in [2.75, 3.05) is 6.54 Å². The van der Waals surface area contributed by atoms with Crippen LogP contribution in [0.15, 0.2) is 0 Å². The lowest BCUT2D eigenvalue weighted by Gasteiger charge is -2.41. The normalized spacial score (nSPS) is 34.0. The van der Waals surface area contributed by atoms with Crippen LogP contribution in [-0.4, -0.2) is 18.2 Å². The van der Waals surface area contributed by atoms with Crippen molar-refractivity contribution >= 4 is 0 Å². The second-order valence-corrected chi connectivity index (χ2v) is 5.31. The van der Waals surface area contributed by atoms with E-state index in [1.165, 1.54) is 19.3 Å². The Bertz CT molecular complexity index is 183. The third kappa shape index (κ3) is 3.76. The Morgan fingerprint density at radius 2 is 2.27 bits per heavy atom. The summed E-state index contributed by atoms with van der Waals surface area (Å²) in [6.07, 6.45) is 7.63. The molecule has 1 aliphatic rings. The summed E-state index contributed by atoms with van der Waals surface area (Å²) in [5.41, 5.74) is 5.91. The van der Waals surface area contributed by atoms with Crippen molar-refractivity contribution < 1.29 is 4.74 Å². The van der Waals surface area contributed by atoms with Crippen molar-refractivity contribution in [3.8, 4) is 0 Å². The SMILES string of the molecule is CCCC(C)OC1(CN)CCCC(C)C1. The van der Waals surface area contributed by atoms with E-state index >= 15 is 0 Å². The average molecular weight is 213 g/mol. The molecule has 0 bridgehead atoms. The third-order valence-corrected chi connectivity index (χ3v) is 3.57. The molecule has 15 heavy (non-hydrogen) atoms. The molecule has 1 aliphatic carbocycles. The minimum atomic E-state index is -0.00769. The topological polar surface area (TPSA) is 35.2 Å². The molecule has 0 aliphatic heterocycles. The van der Waals surface area contributed by atoms with Crippen LogP contribution in [0.25, 0.3) is 0 Å². The summed E-state index contributed by atoms with van der Waals surface area (Å²) in [4.78, 5) is 0. The maximum absolute atomic E-state index is 6.21. The molecule has 3 atom stereocenters. The fourth-order valence-corrected chi connectivity index (χ4v) is 2.84. The van der Waals surface area contributed by atoms with Crippen LogP contribution < -0.4 is 5.73 Å². The van der Waals surface area contributed by atoms with E-state index in [4.69, 9.17) is 10.5 Å². The zero-order chi connectivity index (χ0) is 11.3. The van der Waals surface area contributed by atoms with Gasteiger partial charge in [-0.3, -0.25) is 0 Å². The zero-order valence-corrected chi connectivity index (χ0v) is 10.6. The molecule has 0 aromatic heterocycles. The highest BCUT2D eigenvalue weighted by Gasteiger charge is 2.35. The fraction of sp³-hybridized carbons (Fsp3) is 1.00. The summed E-state index contributed by atoms with van der Waals surface area (Å²) in [6, 6.07) is 0. The second-order valence-electron chi connectivity index (χ2n) is 5.31. The standard InChI is InChI=1S/C13H27NO/c1-4-6-12(3)15-13(10-14)8-5-7-11(2)9-13/h11-12H,4-10,14H2,1-3H3. The molecule has 0 amide bonds. The Balaban J connectivity index is 2.51. The van der Waals surface area contributed by atoms with Crippen molar-refractivity contribution in [3.05, 3.63) is 0 Å². The first-order valence-corrected chi connectivity index (χ1v) is 6.50. The molecule has 1 fully saturated rings. The molecular weight excluding hydrogens is 186 g/mol. The van der Waals surface area contributed by atoms with Crippen LogP contribution in [0, 0.1) is 5.92 Å². The van der Waals surface area contributed by atoms with Gasteiger partial charge in [0.25, 0.3) is 0 Å². The quantitative estimate of drug-likeness (QED) is 0.761. The Hall–Kier alpha value is -0.0800. The predicted octanol–water partition coefficient (Wildman–Crippen LogP) is 3.10. The Labute approximate surface area is 94.6 Å². The monoisotopic (exact) mass is 213 g/mol. The maximum atomic E-state index is 6.21. The first kappa shape index (κ1) is 13.0. The largest absolute Gasteiger partial charge is 0.371 e. The Morgan fingerprint density at radius 3 is 2.80 bits per heavy atom. The summed E-state index contributed by atoms with van der Waals surface area (Å²) < 4.78 is 6.21. The number of nitrogens with two attached hydrogens (primary N) is 1. The van der Waals surface area contributed by atoms with E-state index < -0.39 is 0 Å². The molecule has 2 N–H and O–H groups in total. The van der Waals surface area contributed by atoms with Gasteiger partial charge in [-0.25, -0.2) is 0 Å². The molecule has 2 nitrogen and oxygen atoms in total. The molecule has 0 aromatic rings. The van der Waals surface area contributed by atoms with Gasteiger partial charge in [-0.1, -0.05) is 33.1 Å². The first-order valence-electron chi connectivity index (χ1n) is 6.50. The number of hydrogen-bond acceptors (Lipinski definition) is 2. The van der Waals surface area contributed by atoms with Gasteiger partial charge in [0.1, 0.15) is 0 Å². The van der Waals surface area contributed by atoms with E-state index in [-0.39, 0.29) is 5.60 Å². The molecule has 0 saturated heterocycles. The highest BCUT2D eigenvalue weighted by atomic mass is 16.5. The highest BCUT2D eigenvalue weighted by molar-refractivity contribution is 4.88. The van der Waals surface area contributed by atoms with Gasteiger partial charge >= 0.3 is 0 Å². The van der Waals surface area contributed by atoms with E-state index in [0.717, 1.165) is 25.2 Å². The number of hydrogen-bond donors (Lipinski definition) is 1. The Morgan fingerprint density at radius 1 is 1.53 bits per heavy atom. The smallest absolute Gasteiger partial charge is 0.0810 e. The van der Waals surface area contributed by atoms with Crippen molar-refractivity contribution in [2.24, 2.45) is 11.7 Å². The molecule has 0 aromatic carbocycles. The first-order chi connectivity index (χ1) is 7.12.